The molecule has 0 bridgehead atoms. The lowest BCUT2D eigenvalue weighted by Gasteiger charge is -1.90. The Morgan fingerprint density at radius 1 is 1.67 bits per heavy atom. The molecule has 0 radical (unpaired) electrons. The van der Waals surface area contributed by atoms with E-state index in [0.717, 1.165) is 0 Å². The van der Waals surface area contributed by atoms with E-state index in [9.17, 15) is 0 Å². The van der Waals surface area contributed by atoms with Crippen LogP contribution >= 0.6 is 11.5 Å². The molecule has 0 unspecified atom stereocenters. The summed E-state index contributed by atoms with van der Waals surface area (Å²) in [5, 5.41) is 2.14. The average molecular weight is 141 g/mol. The Kier molecular flexibility index (Phi) is 2.22. The summed E-state index contributed by atoms with van der Waals surface area (Å²) in [6, 6.07) is 0. The van der Waals surface area contributed by atoms with Crippen LogP contribution in [0.1, 0.15) is 24.6 Å². The van der Waals surface area contributed by atoms with E-state index in [4.69, 9.17) is 0 Å². The normalized spacial score (nSPS) is 10.0. The molecular weight excluding hydrogens is 130 g/mol. The lowest BCUT2D eigenvalue weighted by molar-refractivity contribution is 0.912. The molecule has 2 heteroatoms. The van der Waals surface area contributed by atoms with Crippen LogP contribution in [0.3, 0.4) is 0 Å². The van der Waals surface area contributed by atoms with Crippen molar-refractivity contribution in [1.82, 2.24) is 4.37 Å². The summed E-state index contributed by atoms with van der Waals surface area (Å²) in [4.78, 5) is 0. The van der Waals surface area contributed by atoms with Gasteiger partial charge in [-0.3, -0.25) is 0 Å². The molecule has 0 amide bonds. The van der Waals surface area contributed by atoms with E-state index in [0.29, 0.717) is 0 Å². The first kappa shape index (κ1) is 6.75. The molecule has 0 aliphatic rings. The van der Waals surface area contributed by atoms with Gasteiger partial charge in [0, 0.05) is 5.38 Å². The average Bonchev–Trinajstić information content (AvgIpc) is 2.18. The second-order valence-corrected chi connectivity index (χ2v) is 2.80. The van der Waals surface area contributed by atoms with Crippen LogP contribution in [0.15, 0.2) is 5.38 Å². The van der Waals surface area contributed by atoms with Gasteiger partial charge in [-0.2, -0.15) is 4.37 Å². The summed E-state index contributed by atoms with van der Waals surface area (Å²) in [6.45, 7) is 4.26. The Bertz CT molecular complexity index is 181. The third kappa shape index (κ3) is 1.52. The third-order valence-corrected chi connectivity index (χ3v) is 2.14. The number of hydrogen-bond acceptors (Lipinski definition) is 2. The lowest BCUT2D eigenvalue weighted by Crippen LogP contribution is -1.81. The highest BCUT2D eigenvalue weighted by Crippen LogP contribution is 2.10. The summed E-state index contributed by atoms with van der Waals surface area (Å²) in [5.74, 6) is 0. The summed E-state index contributed by atoms with van der Waals surface area (Å²) in [5.41, 5.74) is 2.63. The Hall–Kier alpha value is -0.370. The molecule has 1 heterocycles. The van der Waals surface area contributed by atoms with Gasteiger partial charge in [0.2, 0.25) is 0 Å². The number of hydrogen-bond donors (Lipinski definition) is 0. The van der Waals surface area contributed by atoms with E-state index in [1.807, 2.05) is 0 Å². The monoisotopic (exact) mass is 141 g/mol. The van der Waals surface area contributed by atoms with Crippen LogP contribution < -0.4 is 0 Å². The Labute approximate surface area is 59.9 Å². The molecular formula is C7H11NS. The van der Waals surface area contributed by atoms with Crippen molar-refractivity contribution in [2.75, 3.05) is 0 Å². The van der Waals surface area contributed by atoms with Crippen molar-refractivity contribution in [2.45, 2.75) is 26.7 Å². The van der Waals surface area contributed by atoms with Crippen molar-refractivity contribution in [3.05, 3.63) is 16.6 Å². The minimum atomic E-state index is 1.18. The molecule has 0 fully saturated rings. The van der Waals surface area contributed by atoms with E-state index >= 15 is 0 Å². The van der Waals surface area contributed by atoms with Crippen LogP contribution in [0, 0.1) is 6.92 Å². The fourth-order valence-electron chi connectivity index (χ4n) is 0.822. The molecule has 1 aromatic rings. The molecule has 1 rings (SSSR count). The zero-order valence-corrected chi connectivity index (χ0v) is 6.66. The summed E-state index contributed by atoms with van der Waals surface area (Å²) in [7, 11) is 0. The molecule has 0 atom stereocenters. The molecule has 0 N–H and O–H groups in total. The maximum absolute atomic E-state index is 4.18. The molecule has 0 aromatic carbocycles. The first-order chi connectivity index (χ1) is 4.34. The van der Waals surface area contributed by atoms with Gasteiger partial charge in [-0.15, -0.1) is 0 Å². The number of nitrogens with zero attached hydrogens (tertiary/aromatic N) is 1. The lowest BCUT2D eigenvalue weighted by atomic mass is 10.2. The van der Waals surface area contributed by atoms with Crippen LogP contribution in [0.4, 0.5) is 0 Å². The minimum absolute atomic E-state index is 1.18. The van der Waals surface area contributed by atoms with Crippen LogP contribution in [0.5, 0.6) is 0 Å². The van der Waals surface area contributed by atoms with Gasteiger partial charge in [-0.25, -0.2) is 0 Å². The third-order valence-electron chi connectivity index (χ3n) is 1.37. The van der Waals surface area contributed by atoms with Crippen molar-refractivity contribution in [3.63, 3.8) is 0 Å². The zero-order chi connectivity index (χ0) is 6.69. The van der Waals surface area contributed by atoms with Crippen molar-refractivity contribution in [3.8, 4) is 0 Å². The molecule has 50 valence electrons. The SMILES string of the molecule is CCCc1csnc1C. The molecule has 0 aliphatic heterocycles. The van der Waals surface area contributed by atoms with Gasteiger partial charge in [-0.05, 0) is 30.4 Å². The molecule has 0 saturated heterocycles. The number of aromatic nitrogens is 1. The van der Waals surface area contributed by atoms with Crippen LogP contribution in [0.25, 0.3) is 0 Å². The summed E-state index contributed by atoms with van der Waals surface area (Å²) >= 11 is 1.56. The standard InChI is InChI=1S/C7H11NS/c1-3-4-7-5-9-8-6(7)2/h5H,3-4H2,1-2H3. The Morgan fingerprint density at radius 2 is 2.44 bits per heavy atom. The predicted molar refractivity (Wildman–Crippen MR) is 40.8 cm³/mol. The fourth-order valence-corrected chi connectivity index (χ4v) is 1.57. The fraction of sp³-hybridized carbons (Fsp3) is 0.571. The van der Waals surface area contributed by atoms with Gasteiger partial charge in [-0.1, -0.05) is 13.3 Å². The van der Waals surface area contributed by atoms with Crippen LogP contribution in [-0.2, 0) is 6.42 Å². The van der Waals surface area contributed by atoms with Gasteiger partial charge in [0.05, 0.1) is 5.69 Å². The molecule has 1 nitrogen and oxygen atoms in total. The highest BCUT2D eigenvalue weighted by Gasteiger charge is 1.96. The van der Waals surface area contributed by atoms with E-state index in [-0.39, 0.29) is 0 Å². The predicted octanol–water partition coefficient (Wildman–Crippen LogP) is 2.40. The highest BCUT2D eigenvalue weighted by molar-refractivity contribution is 7.03. The van der Waals surface area contributed by atoms with E-state index in [2.05, 4.69) is 23.6 Å². The number of rotatable bonds is 2. The van der Waals surface area contributed by atoms with E-state index in [1.165, 1.54) is 24.1 Å². The maximum Gasteiger partial charge on any atom is 0.0543 e. The second kappa shape index (κ2) is 2.97. The highest BCUT2D eigenvalue weighted by atomic mass is 32.1. The van der Waals surface area contributed by atoms with Crippen LogP contribution in [0.2, 0.25) is 0 Å². The summed E-state index contributed by atoms with van der Waals surface area (Å²) < 4.78 is 4.18. The number of aryl methyl sites for hydroxylation is 2. The molecule has 0 spiro atoms. The van der Waals surface area contributed by atoms with Crippen molar-refractivity contribution in [1.29, 1.82) is 0 Å². The van der Waals surface area contributed by atoms with Crippen molar-refractivity contribution in [2.24, 2.45) is 0 Å². The Morgan fingerprint density at radius 3 is 2.89 bits per heavy atom. The molecule has 0 saturated carbocycles. The summed E-state index contributed by atoms with van der Waals surface area (Å²) in [6.07, 6.45) is 2.40. The van der Waals surface area contributed by atoms with E-state index in [1.54, 1.807) is 11.5 Å². The van der Waals surface area contributed by atoms with Gasteiger partial charge >= 0.3 is 0 Å². The first-order valence-electron chi connectivity index (χ1n) is 3.24. The van der Waals surface area contributed by atoms with Crippen LogP contribution in [-0.4, -0.2) is 4.37 Å². The molecule has 9 heavy (non-hydrogen) atoms. The molecule has 0 aliphatic carbocycles. The quantitative estimate of drug-likeness (QED) is 0.616. The Balaban J connectivity index is 2.69. The van der Waals surface area contributed by atoms with Gasteiger partial charge in [0.15, 0.2) is 0 Å². The first-order valence-corrected chi connectivity index (χ1v) is 4.08. The molecule has 1 aromatic heterocycles. The van der Waals surface area contributed by atoms with E-state index < -0.39 is 0 Å². The maximum atomic E-state index is 4.18. The minimum Gasteiger partial charge on any atom is -0.198 e. The van der Waals surface area contributed by atoms with Crippen molar-refractivity contribution < 1.29 is 0 Å². The van der Waals surface area contributed by atoms with Crippen molar-refractivity contribution >= 4 is 11.5 Å². The van der Waals surface area contributed by atoms with Gasteiger partial charge < -0.3 is 0 Å². The van der Waals surface area contributed by atoms with Gasteiger partial charge in [0.25, 0.3) is 0 Å². The smallest absolute Gasteiger partial charge is 0.0543 e. The zero-order valence-electron chi connectivity index (χ0n) is 5.85. The topological polar surface area (TPSA) is 12.9 Å². The second-order valence-electron chi connectivity index (χ2n) is 2.18. The van der Waals surface area contributed by atoms with Gasteiger partial charge in [0.1, 0.15) is 0 Å². The largest absolute Gasteiger partial charge is 0.198 e.